The summed E-state index contributed by atoms with van der Waals surface area (Å²) in [4.78, 5) is 20.4. The van der Waals surface area contributed by atoms with Crippen LogP contribution in [0.15, 0.2) is 58.7 Å². The lowest BCUT2D eigenvalue weighted by Gasteiger charge is -2.19. The van der Waals surface area contributed by atoms with Gasteiger partial charge in [0.15, 0.2) is 0 Å². The Morgan fingerprint density at radius 2 is 1.93 bits per heavy atom. The van der Waals surface area contributed by atoms with E-state index in [9.17, 15) is 4.79 Å². The quantitative estimate of drug-likeness (QED) is 0.440. The number of fused-ring (bicyclic) bond motifs is 3. The molecule has 2 aromatic carbocycles. The van der Waals surface area contributed by atoms with Gasteiger partial charge in [-0.05, 0) is 47.1 Å². The summed E-state index contributed by atoms with van der Waals surface area (Å²) in [6.07, 6.45) is 4.11. The standard InChI is InChI=1S/C24H25ClN4O/c1-15(11-16-5-7-17(8-6-16)24(2,3)4)13-27-29-14-26-21-19-12-18(25)9-10-20(19)28-22(21)23(29)30/h5-10,12-15,28H,11H2,1-4H3/b27-13-/t15-/m1/s1. The van der Waals surface area contributed by atoms with Crippen molar-refractivity contribution in [3.8, 4) is 0 Å². The zero-order valence-electron chi connectivity index (χ0n) is 17.6. The van der Waals surface area contributed by atoms with Gasteiger partial charge in [-0.2, -0.15) is 9.78 Å². The molecule has 1 atom stereocenters. The lowest BCUT2D eigenvalue weighted by Crippen LogP contribution is -2.18. The molecule has 0 radical (unpaired) electrons. The Labute approximate surface area is 180 Å². The molecule has 0 aliphatic rings. The lowest BCUT2D eigenvalue weighted by atomic mass is 9.86. The Morgan fingerprint density at radius 3 is 2.63 bits per heavy atom. The predicted octanol–water partition coefficient (Wildman–Crippen LogP) is 5.54. The Balaban J connectivity index is 1.55. The van der Waals surface area contributed by atoms with E-state index in [2.05, 4.69) is 67.0 Å². The highest BCUT2D eigenvalue weighted by Gasteiger charge is 2.13. The van der Waals surface area contributed by atoms with Gasteiger partial charge in [0, 0.05) is 22.1 Å². The summed E-state index contributed by atoms with van der Waals surface area (Å²) < 4.78 is 1.28. The molecule has 1 N–H and O–H groups in total. The minimum absolute atomic E-state index is 0.145. The minimum Gasteiger partial charge on any atom is -0.349 e. The molecule has 0 amide bonds. The maximum atomic E-state index is 12.8. The highest BCUT2D eigenvalue weighted by Crippen LogP contribution is 2.25. The van der Waals surface area contributed by atoms with Crippen LogP contribution < -0.4 is 5.56 Å². The molecule has 30 heavy (non-hydrogen) atoms. The average molecular weight is 421 g/mol. The smallest absolute Gasteiger partial charge is 0.298 e. The largest absolute Gasteiger partial charge is 0.349 e. The van der Waals surface area contributed by atoms with E-state index in [1.54, 1.807) is 12.3 Å². The maximum absolute atomic E-state index is 12.8. The van der Waals surface area contributed by atoms with Crippen molar-refractivity contribution in [2.45, 2.75) is 39.5 Å². The van der Waals surface area contributed by atoms with Crippen molar-refractivity contribution in [3.63, 3.8) is 0 Å². The number of rotatable bonds is 4. The third-order valence-electron chi connectivity index (χ3n) is 5.27. The van der Waals surface area contributed by atoms with Gasteiger partial charge in [-0.15, -0.1) is 0 Å². The summed E-state index contributed by atoms with van der Waals surface area (Å²) in [6, 6.07) is 14.1. The number of halogens is 1. The second kappa shape index (κ2) is 7.73. The summed E-state index contributed by atoms with van der Waals surface area (Å²) in [5, 5.41) is 5.81. The first-order valence-electron chi connectivity index (χ1n) is 10.0. The average Bonchev–Trinajstić information content (AvgIpc) is 3.06. The molecule has 2 heterocycles. The third kappa shape index (κ3) is 4.03. The van der Waals surface area contributed by atoms with Gasteiger partial charge < -0.3 is 4.98 Å². The van der Waals surface area contributed by atoms with Gasteiger partial charge in [-0.1, -0.05) is 63.6 Å². The van der Waals surface area contributed by atoms with Crippen molar-refractivity contribution in [2.24, 2.45) is 11.0 Å². The van der Waals surface area contributed by atoms with Gasteiger partial charge in [-0.25, -0.2) is 4.98 Å². The van der Waals surface area contributed by atoms with Gasteiger partial charge in [0.25, 0.3) is 5.56 Å². The first kappa shape index (κ1) is 20.4. The van der Waals surface area contributed by atoms with Crippen molar-refractivity contribution < 1.29 is 0 Å². The highest BCUT2D eigenvalue weighted by molar-refractivity contribution is 6.31. The molecule has 0 spiro atoms. The maximum Gasteiger partial charge on any atom is 0.298 e. The second-order valence-corrected chi connectivity index (χ2v) is 9.26. The summed E-state index contributed by atoms with van der Waals surface area (Å²) in [6.45, 7) is 8.72. The Morgan fingerprint density at radius 1 is 1.20 bits per heavy atom. The number of hydrogen-bond donors (Lipinski definition) is 1. The molecule has 0 aliphatic carbocycles. The number of hydrogen-bond acceptors (Lipinski definition) is 3. The normalized spacial score (nSPS) is 13.5. The van der Waals surface area contributed by atoms with E-state index < -0.39 is 0 Å². The van der Waals surface area contributed by atoms with E-state index in [0.717, 1.165) is 17.3 Å². The fourth-order valence-electron chi connectivity index (χ4n) is 3.55. The second-order valence-electron chi connectivity index (χ2n) is 8.83. The fourth-order valence-corrected chi connectivity index (χ4v) is 3.72. The van der Waals surface area contributed by atoms with Gasteiger partial charge in [0.1, 0.15) is 17.4 Å². The number of nitrogens with zero attached hydrogens (tertiary/aromatic N) is 3. The number of aromatic nitrogens is 3. The van der Waals surface area contributed by atoms with Crippen LogP contribution in [0.2, 0.25) is 5.02 Å². The van der Waals surface area contributed by atoms with Gasteiger partial charge in [0.05, 0.1) is 0 Å². The van der Waals surface area contributed by atoms with E-state index in [-0.39, 0.29) is 16.9 Å². The number of benzene rings is 2. The van der Waals surface area contributed by atoms with Gasteiger partial charge in [0.2, 0.25) is 0 Å². The molecule has 5 nitrogen and oxygen atoms in total. The van der Waals surface area contributed by atoms with Crippen LogP contribution in [0, 0.1) is 5.92 Å². The van der Waals surface area contributed by atoms with Gasteiger partial charge >= 0.3 is 0 Å². The summed E-state index contributed by atoms with van der Waals surface area (Å²) in [7, 11) is 0. The molecule has 4 aromatic rings. The van der Waals surface area contributed by atoms with E-state index in [0.29, 0.717) is 16.1 Å². The molecule has 0 bridgehead atoms. The molecule has 4 rings (SSSR count). The monoisotopic (exact) mass is 420 g/mol. The Kier molecular flexibility index (Phi) is 5.24. The van der Waals surface area contributed by atoms with E-state index in [4.69, 9.17) is 11.6 Å². The Bertz CT molecular complexity index is 1290. The van der Waals surface area contributed by atoms with Crippen LogP contribution in [0.4, 0.5) is 0 Å². The predicted molar refractivity (Wildman–Crippen MR) is 125 cm³/mol. The molecule has 0 unspecified atom stereocenters. The summed E-state index contributed by atoms with van der Waals surface area (Å²) in [5.74, 6) is 0.176. The van der Waals surface area contributed by atoms with Crippen LogP contribution in [0.25, 0.3) is 21.9 Å². The van der Waals surface area contributed by atoms with Crippen molar-refractivity contribution in [2.75, 3.05) is 0 Å². The molecule has 2 aromatic heterocycles. The Hall–Kier alpha value is -2.92. The summed E-state index contributed by atoms with van der Waals surface area (Å²) in [5.41, 5.74) is 4.34. The van der Waals surface area contributed by atoms with Crippen molar-refractivity contribution in [1.82, 2.24) is 14.6 Å². The van der Waals surface area contributed by atoms with Crippen molar-refractivity contribution in [3.05, 3.63) is 75.3 Å². The SMILES string of the molecule is C[C@@H](/C=N\n1cnc2c([nH]c3ccc(Cl)cc32)c1=O)Cc1ccc(C(C)(C)C)cc1. The van der Waals surface area contributed by atoms with E-state index in [1.165, 1.54) is 22.1 Å². The van der Waals surface area contributed by atoms with Crippen LogP contribution in [-0.4, -0.2) is 20.9 Å². The van der Waals surface area contributed by atoms with Gasteiger partial charge in [-0.3, -0.25) is 4.79 Å². The third-order valence-corrected chi connectivity index (χ3v) is 5.51. The molecule has 6 heteroatoms. The minimum atomic E-state index is -0.231. The highest BCUT2D eigenvalue weighted by atomic mass is 35.5. The molecular weight excluding hydrogens is 396 g/mol. The molecule has 0 aliphatic heterocycles. The van der Waals surface area contributed by atoms with Crippen LogP contribution in [0.5, 0.6) is 0 Å². The molecule has 154 valence electrons. The first-order chi connectivity index (χ1) is 14.2. The molecule has 0 saturated carbocycles. The van der Waals surface area contributed by atoms with Crippen LogP contribution in [0.1, 0.15) is 38.8 Å². The van der Waals surface area contributed by atoms with Crippen LogP contribution in [0.3, 0.4) is 0 Å². The first-order valence-corrected chi connectivity index (χ1v) is 10.4. The topological polar surface area (TPSA) is 63.0 Å². The molecule has 0 saturated heterocycles. The lowest BCUT2D eigenvalue weighted by molar-refractivity contribution is 0.589. The van der Waals surface area contributed by atoms with E-state index >= 15 is 0 Å². The fraction of sp³-hybridized carbons (Fsp3) is 0.292. The number of H-pyrrole nitrogens is 1. The van der Waals surface area contributed by atoms with Crippen molar-refractivity contribution >= 4 is 39.8 Å². The molecular formula is C24H25ClN4O. The number of nitrogens with one attached hydrogen (secondary N) is 1. The molecule has 0 fully saturated rings. The van der Waals surface area contributed by atoms with Crippen LogP contribution >= 0.6 is 11.6 Å². The van der Waals surface area contributed by atoms with Crippen LogP contribution in [-0.2, 0) is 11.8 Å². The number of aromatic amines is 1. The zero-order valence-corrected chi connectivity index (χ0v) is 18.4. The zero-order chi connectivity index (χ0) is 21.5. The summed E-state index contributed by atoms with van der Waals surface area (Å²) >= 11 is 6.08. The van der Waals surface area contributed by atoms with Crippen molar-refractivity contribution in [1.29, 1.82) is 0 Å². The van der Waals surface area contributed by atoms with E-state index in [1.807, 2.05) is 12.1 Å².